The SMILES string of the molecule is COC(=O)C(NC(=O)c1cccc([N+](=O)[O-])c1Cl)C(C)C. The molecule has 1 atom stereocenters. The number of nitro groups is 1. The van der Waals surface area contributed by atoms with Gasteiger partial charge in [-0.25, -0.2) is 4.79 Å². The van der Waals surface area contributed by atoms with Gasteiger partial charge in [-0.2, -0.15) is 0 Å². The molecule has 1 rings (SSSR count). The Kier molecular flexibility index (Phi) is 5.66. The van der Waals surface area contributed by atoms with Crippen LogP contribution in [0.1, 0.15) is 24.2 Å². The van der Waals surface area contributed by atoms with Gasteiger partial charge in [0.1, 0.15) is 11.1 Å². The Morgan fingerprint density at radius 2 is 2.00 bits per heavy atom. The van der Waals surface area contributed by atoms with Crippen molar-refractivity contribution in [3.8, 4) is 0 Å². The van der Waals surface area contributed by atoms with Crippen LogP contribution in [0.15, 0.2) is 18.2 Å². The van der Waals surface area contributed by atoms with Gasteiger partial charge in [0.15, 0.2) is 0 Å². The molecule has 21 heavy (non-hydrogen) atoms. The maximum atomic E-state index is 12.1. The van der Waals surface area contributed by atoms with Gasteiger partial charge in [-0.3, -0.25) is 14.9 Å². The molecule has 1 N–H and O–H groups in total. The summed E-state index contributed by atoms with van der Waals surface area (Å²) in [6.45, 7) is 3.47. The molecule has 0 aliphatic carbocycles. The zero-order valence-electron chi connectivity index (χ0n) is 11.8. The molecule has 0 saturated heterocycles. The molecule has 0 spiro atoms. The van der Waals surface area contributed by atoms with Crippen molar-refractivity contribution in [3.05, 3.63) is 38.9 Å². The van der Waals surface area contributed by atoms with Crippen molar-refractivity contribution in [1.29, 1.82) is 0 Å². The third kappa shape index (κ3) is 3.91. The Bertz CT molecular complexity index is 574. The fourth-order valence-electron chi connectivity index (χ4n) is 1.68. The summed E-state index contributed by atoms with van der Waals surface area (Å²) in [5.74, 6) is -1.48. The first-order valence-corrected chi connectivity index (χ1v) is 6.49. The van der Waals surface area contributed by atoms with E-state index < -0.39 is 22.8 Å². The number of rotatable bonds is 5. The van der Waals surface area contributed by atoms with E-state index in [0.29, 0.717) is 0 Å². The average molecular weight is 315 g/mol. The third-order valence-electron chi connectivity index (χ3n) is 2.83. The van der Waals surface area contributed by atoms with E-state index in [1.54, 1.807) is 13.8 Å². The predicted octanol–water partition coefficient (Wildman–Crippen LogP) is 2.18. The maximum Gasteiger partial charge on any atom is 0.328 e. The highest BCUT2D eigenvalue weighted by atomic mass is 35.5. The highest BCUT2D eigenvalue weighted by Crippen LogP contribution is 2.27. The summed E-state index contributed by atoms with van der Waals surface area (Å²) < 4.78 is 4.61. The highest BCUT2D eigenvalue weighted by molar-refractivity contribution is 6.35. The summed E-state index contributed by atoms with van der Waals surface area (Å²) in [5, 5.41) is 13.0. The lowest BCUT2D eigenvalue weighted by atomic mass is 10.0. The summed E-state index contributed by atoms with van der Waals surface area (Å²) in [6.07, 6.45) is 0. The zero-order chi connectivity index (χ0) is 16.2. The number of amides is 1. The quantitative estimate of drug-likeness (QED) is 0.510. The van der Waals surface area contributed by atoms with Crippen LogP contribution in [0.4, 0.5) is 5.69 Å². The normalized spacial score (nSPS) is 11.9. The van der Waals surface area contributed by atoms with E-state index in [1.165, 1.54) is 25.3 Å². The fourth-order valence-corrected chi connectivity index (χ4v) is 1.96. The number of carbonyl (C=O) groups excluding carboxylic acids is 2. The molecule has 0 aliphatic heterocycles. The molecule has 0 heterocycles. The van der Waals surface area contributed by atoms with E-state index >= 15 is 0 Å². The molecular weight excluding hydrogens is 300 g/mol. The van der Waals surface area contributed by atoms with Gasteiger partial charge in [0, 0.05) is 6.07 Å². The molecular formula is C13H15ClN2O5. The van der Waals surface area contributed by atoms with Crippen molar-refractivity contribution >= 4 is 29.2 Å². The largest absolute Gasteiger partial charge is 0.467 e. The number of nitrogens with one attached hydrogen (secondary N) is 1. The zero-order valence-corrected chi connectivity index (χ0v) is 12.5. The Labute approximate surface area is 126 Å². The molecule has 0 aliphatic rings. The van der Waals surface area contributed by atoms with Crippen molar-refractivity contribution in [2.75, 3.05) is 7.11 Å². The fraction of sp³-hybridized carbons (Fsp3) is 0.385. The van der Waals surface area contributed by atoms with E-state index in [0.717, 1.165) is 0 Å². The summed E-state index contributed by atoms with van der Waals surface area (Å²) in [6, 6.07) is 3.03. The monoisotopic (exact) mass is 314 g/mol. The molecule has 1 aromatic rings. The topological polar surface area (TPSA) is 98.5 Å². The summed E-state index contributed by atoms with van der Waals surface area (Å²) in [4.78, 5) is 33.9. The Hall–Kier alpha value is -2.15. The van der Waals surface area contributed by atoms with Gasteiger partial charge in [-0.05, 0) is 12.0 Å². The van der Waals surface area contributed by atoms with Gasteiger partial charge in [0.25, 0.3) is 11.6 Å². The van der Waals surface area contributed by atoms with Crippen LogP contribution in [0.5, 0.6) is 0 Å². The lowest BCUT2D eigenvalue weighted by Gasteiger charge is -2.20. The molecule has 0 radical (unpaired) electrons. The van der Waals surface area contributed by atoms with Crippen molar-refractivity contribution in [2.24, 2.45) is 5.92 Å². The van der Waals surface area contributed by atoms with Crippen molar-refractivity contribution < 1.29 is 19.2 Å². The second-order valence-corrected chi connectivity index (χ2v) is 4.99. The third-order valence-corrected chi connectivity index (χ3v) is 3.23. The number of carbonyl (C=O) groups is 2. The molecule has 1 unspecified atom stereocenters. The first-order valence-electron chi connectivity index (χ1n) is 6.11. The smallest absolute Gasteiger partial charge is 0.328 e. The molecule has 0 aromatic heterocycles. The minimum atomic E-state index is -0.863. The van der Waals surface area contributed by atoms with Crippen LogP contribution < -0.4 is 5.32 Å². The van der Waals surface area contributed by atoms with E-state index in [2.05, 4.69) is 10.1 Å². The van der Waals surface area contributed by atoms with E-state index in [1.807, 2.05) is 0 Å². The summed E-state index contributed by atoms with van der Waals surface area (Å²) in [5.41, 5.74) is -0.441. The Morgan fingerprint density at radius 3 is 2.48 bits per heavy atom. The lowest BCUT2D eigenvalue weighted by Crippen LogP contribution is -2.45. The van der Waals surface area contributed by atoms with Gasteiger partial charge in [-0.1, -0.05) is 31.5 Å². The minimum absolute atomic E-state index is 0.0691. The Balaban J connectivity index is 3.06. The van der Waals surface area contributed by atoms with Crippen molar-refractivity contribution in [1.82, 2.24) is 5.32 Å². The van der Waals surface area contributed by atoms with Gasteiger partial charge in [-0.15, -0.1) is 0 Å². The number of hydrogen-bond acceptors (Lipinski definition) is 5. The number of nitro benzene ring substituents is 1. The van der Waals surface area contributed by atoms with Crippen LogP contribution >= 0.6 is 11.6 Å². The van der Waals surface area contributed by atoms with Crippen LogP contribution in [0.2, 0.25) is 5.02 Å². The number of nitrogens with zero attached hydrogens (tertiary/aromatic N) is 1. The molecule has 114 valence electrons. The van der Waals surface area contributed by atoms with Crippen molar-refractivity contribution in [2.45, 2.75) is 19.9 Å². The first kappa shape index (κ1) is 16.9. The van der Waals surface area contributed by atoms with Crippen LogP contribution in [-0.4, -0.2) is 30.0 Å². The first-order chi connectivity index (χ1) is 9.79. The second kappa shape index (κ2) is 7.03. The number of hydrogen-bond donors (Lipinski definition) is 1. The lowest BCUT2D eigenvalue weighted by molar-refractivity contribution is -0.384. The molecule has 1 aromatic carbocycles. The van der Waals surface area contributed by atoms with Crippen LogP contribution in [-0.2, 0) is 9.53 Å². The number of ether oxygens (including phenoxy) is 1. The summed E-state index contributed by atoms with van der Waals surface area (Å²) in [7, 11) is 1.21. The molecule has 1 amide bonds. The highest BCUT2D eigenvalue weighted by Gasteiger charge is 2.27. The van der Waals surface area contributed by atoms with E-state index in [4.69, 9.17) is 11.6 Å². The van der Waals surface area contributed by atoms with Crippen LogP contribution in [0.3, 0.4) is 0 Å². The maximum absolute atomic E-state index is 12.1. The standard InChI is InChI=1S/C13H15ClN2O5/c1-7(2)11(13(18)21-3)15-12(17)8-5-4-6-9(10(8)14)16(19)20/h4-7,11H,1-3H3,(H,15,17). The average Bonchev–Trinajstić information content (AvgIpc) is 2.43. The van der Waals surface area contributed by atoms with Gasteiger partial charge < -0.3 is 10.1 Å². The number of halogens is 1. The molecule has 0 bridgehead atoms. The number of esters is 1. The second-order valence-electron chi connectivity index (χ2n) is 4.61. The molecule has 7 nitrogen and oxygen atoms in total. The van der Waals surface area contributed by atoms with Crippen LogP contribution in [0.25, 0.3) is 0 Å². The van der Waals surface area contributed by atoms with E-state index in [9.17, 15) is 19.7 Å². The van der Waals surface area contributed by atoms with Gasteiger partial charge in [0.2, 0.25) is 0 Å². The van der Waals surface area contributed by atoms with Crippen molar-refractivity contribution in [3.63, 3.8) is 0 Å². The van der Waals surface area contributed by atoms with Gasteiger partial charge in [0.05, 0.1) is 17.6 Å². The Morgan fingerprint density at radius 1 is 1.38 bits per heavy atom. The minimum Gasteiger partial charge on any atom is -0.467 e. The number of methoxy groups -OCH3 is 1. The number of benzene rings is 1. The predicted molar refractivity (Wildman–Crippen MR) is 76.2 cm³/mol. The molecule has 8 heteroatoms. The molecule has 0 fully saturated rings. The van der Waals surface area contributed by atoms with E-state index in [-0.39, 0.29) is 22.2 Å². The summed E-state index contributed by atoms with van der Waals surface area (Å²) >= 11 is 5.86. The van der Waals surface area contributed by atoms with Gasteiger partial charge >= 0.3 is 5.97 Å². The van der Waals surface area contributed by atoms with Crippen LogP contribution in [0, 0.1) is 16.0 Å². The molecule has 0 saturated carbocycles.